The maximum Gasteiger partial charge on any atom is 0.269 e. The van der Waals surface area contributed by atoms with Gasteiger partial charge in [0.25, 0.3) is 5.91 Å². The van der Waals surface area contributed by atoms with Gasteiger partial charge in [0.05, 0.1) is 6.61 Å². The third kappa shape index (κ3) is 9.22. The van der Waals surface area contributed by atoms with Gasteiger partial charge < -0.3 is 0 Å². The van der Waals surface area contributed by atoms with E-state index in [0.717, 1.165) is 19.3 Å². The van der Waals surface area contributed by atoms with E-state index in [0.29, 0.717) is 12.2 Å². The third-order valence-electron chi connectivity index (χ3n) is 1.91. The van der Waals surface area contributed by atoms with E-state index in [1.54, 1.807) is 6.92 Å². The van der Waals surface area contributed by atoms with E-state index in [9.17, 15) is 4.79 Å². The fourth-order valence-electron chi connectivity index (χ4n) is 0.984. The maximum atomic E-state index is 11.0. The zero-order valence-electron chi connectivity index (χ0n) is 9.71. The first-order valence-corrected chi connectivity index (χ1v) is 5.37. The van der Waals surface area contributed by atoms with Gasteiger partial charge in [-0.15, -0.1) is 0 Å². The Balaban J connectivity index is 3.18. The molecule has 0 aliphatic carbocycles. The molecule has 0 atom stereocenters. The van der Waals surface area contributed by atoms with Crippen LogP contribution in [0.5, 0.6) is 0 Å². The van der Waals surface area contributed by atoms with E-state index in [-0.39, 0.29) is 5.91 Å². The Kier molecular flexibility index (Phi) is 8.78. The van der Waals surface area contributed by atoms with Crippen LogP contribution in [0.25, 0.3) is 0 Å². The summed E-state index contributed by atoms with van der Waals surface area (Å²) in [4.78, 5) is 16.0. The number of carbonyl (C=O) groups excluding carboxylic acids is 1. The molecule has 0 aromatic heterocycles. The molecular weight excluding hydrogens is 190 g/mol. The maximum absolute atomic E-state index is 11.0. The molecule has 0 bridgehead atoms. The van der Waals surface area contributed by atoms with Crippen molar-refractivity contribution in [2.24, 2.45) is 0 Å². The number of hydrogen-bond acceptors (Lipinski definition) is 2. The molecule has 0 saturated carbocycles. The van der Waals surface area contributed by atoms with Crippen molar-refractivity contribution in [1.29, 1.82) is 0 Å². The van der Waals surface area contributed by atoms with Gasteiger partial charge in [-0.3, -0.25) is 9.63 Å². The normalized spacial score (nSPS) is 10.5. The van der Waals surface area contributed by atoms with Crippen LogP contribution < -0.4 is 5.48 Å². The number of unbranched alkanes of at least 4 members (excludes halogenated alkanes) is 3. The van der Waals surface area contributed by atoms with Crippen LogP contribution >= 0.6 is 0 Å². The van der Waals surface area contributed by atoms with E-state index in [1.165, 1.54) is 6.42 Å². The van der Waals surface area contributed by atoms with Crippen LogP contribution in [-0.2, 0) is 9.63 Å². The second kappa shape index (κ2) is 9.46. The SMILES string of the molecule is C=C(C)C(=O)NOCCCCC/C=C/C. The number of rotatable bonds is 8. The van der Waals surface area contributed by atoms with Crippen molar-refractivity contribution in [3.05, 3.63) is 24.3 Å². The minimum atomic E-state index is -0.246. The monoisotopic (exact) mass is 211 g/mol. The lowest BCUT2D eigenvalue weighted by atomic mass is 10.2. The van der Waals surface area contributed by atoms with Gasteiger partial charge in [0.2, 0.25) is 0 Å². The topological polar surface area (TPSA) is 38.3 Å². The first kappa shape index (κ1) is 13.9. The number of amides is 1. The van der Waals surface area contributed by atoms with Gasteiger partial charge >= 0.3 is 0 Å². The molecule has 0 rings (SSSR count). The number of nitrogens with one attached hydrogen (secondary N) is 1. The van der Waals surface area contributed by atoms with Gasteiger partial charge in [0, 0.05) is 5.57 Å². The minimum Gasteiger partial charge on any atom is -0.273 e. The molecule has 3 heteroatoms. The molecule has 0 aliphatic rings. The highest BCUT2D eigenvalue weighted by atomic mass is 16.6. The highest BCUT2D eigenvalue weighted by molar-refractivity contribution is 5.91. The summed E-state index contributed by atoms with van der Waals surface area (Å²) in [6.07, 6.45) is 8.59. The molecule has 0 unspecified atom stereocenters. The molecule has 0 saturated heterocycles. The number of hydrogen-bond donors (Lipinski definition) is 1. The van der Waals surface area contributed by atoms with Crippen LogP contribution in [0, 0.1) is 0 Å². The molecule has 0 fully saturated rings. The summed E-state index contributed by atoms with van der Waals surface area (Å²) in [5.41, 5.74) is 2.79. The Bertz CT molecular complexity index is 222. The Morgan fingerprint density at radius 1 is 1.40 bits per heavy atom. The lowest BCUT2D eigenvalue weighted by Gasteiger charge is -2.04. The fraction of sp³-hybridized carbons (Fsp3) is 0.583. The lowest BCUT2D eigenvalue weighted by Crippen LogP contribution is -2.24. The van der Waals surface area contributed by atoms with Crippen LogP contribution in [0.2, 0.25) is 0 Å². The zero-order chi connectivity index (χ0) is 11.5. The smallest absolute Gasteiger partial charge is 0.269 e. The Hall–Kier alpha value is -1.09. The van der Waals surface area contributed by atoms with Crippen LogP contribution in [0.15, 0.2) is 24.3 Å². The van der Waals surface area contributed by atoms with Gasteiger partial charge in [-0.05, 0) is 33.1 Å². The van der Waals surface area contributed by atoms with E-state index >= 15 is 0 Å². The first-order valence-electron chi connectivity index (χ1n) is 5.37. The Morgan fingerprint density at radius 3 is 2.73 bits per heavy atom. The summed E-state index contributed by atoms with van der Waals surface area (Å²) in [6, 6.07) is 0. The molecule has 1 N–H and O–H groups in total. The van der Waals surface area contributed by atoms with E-state index < -0.39 is 0 Å². The van der Waals surface area contributed by atoms with Crippen LogP contribution in [0.3, 0.4) is 0 Å². The molecule has 15 heavy (non-hydrogen) atoms. The van der Waals surface area contributed by atoms with Gasteiger partial charge in [0.1, 0.15) is 0 Å². The molecule has 0 aromatic carbocycles. The van der Waals surface area contributed by atoms with Crippen LogP contribution in [0.1, 0.15) is 39.5 Å². The average Bonchev–Trinajstić information content (AvgIpc) is 2.21. The standard InChI is InChI=1S/C12H21NO2/c1-4-5-6-7-8-9-10-15-13-12(14)11(2)3/h4-5H,2,6-10H2,1,3H3,(H,13,14)/b5-4+. The highest BCUT2D eigenvalue weighted by Gasteiger charge is 1.99. The molecule has 86 valence electrons. The van der Waals surface area contributed by atoms with Crippen molar-refractivity contribution >= 4 is 5.91 Å². The van der Waals surface area contributed by atoms with Crippen molar-refractivity contribution < 1.29 is 9.63 Å². The van der Waals surface area contributed by atoms with Crippen LogP contribution in [0.4, 0.5) is 0 Å². The van der Waals surface area contributed by atoms with Crippen molar-refractivity contribution in [2.75, 3.05) is 6.61 Å². The summed E-state index contributed by atoms with van der Waals surface area (Å²) in [6.45, 7) is 7.74. The van der Waals surface area contributed by atoms with Gasteiger partial charge in [-0.25, -0.2) is 5.48 Å². The Labute approximate surface area is 92.2 Å². The molecule has 0 heterocycles. The molecule has 0 aliphatic heterocycles. The highest BCUT2D eigenvalue weighted by Crippen LogP contribution is 2.00. The molecule has 3 nitrogen and oxygen atoms in total. The molecular formula is C12H21NO2. The van der Waals surface area contributed by atoms with E-state index in [1.807, 2.05) is 6.92 Å². The molecule has 1 amide bonds. The number of allylic oxidation sites excluding steroid dienone is 2. The largest absolute Gasteiger partial charge is 0.273 e. The number of hydroxylamine groups is 1. The molecule has 0 spiro atoms. The molecule has 0 radical (unpaired) electrons. The lowest BCUT2D eigenvalue weighted by molar-refractivity contribution is -0.129. The average molecular weight is 211 g/mol. The summed E-state index contributed by atoms with van der Waals surface area (Å²) < 4.78 is 0. The predicted octanol–water partition coefficient (Wildman–Crippen LogP) is 2.75. The minimum absolute atomic E-state index is 0.246. The number of carbonyl (C=O) groups is 1. The predicted molar refractivity (Wildman–Crippen MR) is 62.2 cm³/mol. The second-order valence-corrected chi connectivity index (χ2v) is 3.48. The van der Waals surface area contributed by atoms with E-state index in [2.05, 4.69) is 24.2 Å². The summed E-state index contributed by atoms with van der Waals surface area (Å²) >= 11 is 0. The van der Waals surface area contributed by atoms with Crippen molar-refractivity contribution in [3.8, 4) is 0 Å². The first-order chi connectivity index (χ1) is 7.18. The van der Waals surface area contributed by atoms with Gasteiger partial charge in [0.15, 0.2) is 0 Å². The zero-order valence-corrected chi connectivity index (χ0v) is 9.71. The van der Waals surface area contributed by atoms with E-state index in [4.69, 9.17) is 4.84 Å². The second-order valence-electron chi connectivity index (χ2n) is 3.48. The van der Waals surface area contributed by atoms with Crippen LogP contribution in [-0.4, -0.2) is 12.5 Å². The Morgan fingerprint density at radius 2 is 2.13 bits per heavy atom. The van der Waals surface area contributed by atoms with Crippen molar-refractivity contribution in [1.82, 2.24) is 5.48 Å². The summed E-state index contributed by atoms with van der Waals surface area (Å²) in [7, 11) is 0. The summed E-state index contributed by atoms with van der Waals surface area (Å²) in [5.74, 6) is -0.246. The molecule has 0 aromatic rings. The summed E-state index contributed by atoms with van der Waals surface area (Å²) in [5, 5.41) is 0. The van der Waals surface area contributed by atoms with Crippen molar-refractivity contribution in [2.45, 2.75) is 39.5 Å². The third-order valence-corrected chi connectivity index (χ3v) is 1.91. The quantitative estimate of drug-likeness (QED) is 0.290. The van der Waals surface area contributed by atoms with Crippen molar-refractivity contribution in [3.63, 3.8) is 0 Å². The van der Waals surface area contributed by atoms with Gasteiger partial charge in [-0.1, -0.05) is 25.2 Å². The fourth-order valence-corrected chi connectivity index (χ4v) is 0.984. The van der Waals surface area contributed by atoms with Gasteiger partial charge in [-0.2, -0.15) is 0 Å².